The van der Waals surface area contributed by atoms with Crippen LogP contribution in [0.25, 0.3) is 0 Å². The van der Waals surface area contributed by atoms with Gasteiger partial charge in [0.15, 0.2) is 0 Å². The first-order valence-corrected chi connectivity index (χ1v) is 8.83. The van der Waals surface area contributed by atoms with Gasteiger partial charge in [-0.15, -0.1) is 0 Å². The number of fused-ring (bicyclic) bond motifs is 1. The summed E-state index contributed by atoms with van der Waals surface area (Å²) in [4.78, 5) is 2.73. The van der Waals surface area contributed by atoms with Gasteiger partial charge in [-0.3, -0.25) is 4.90 Å². The minimum atomic E-state index is 0.292. The zero-order valence-electron chi connectivity index (χ0n) is 13.1. The second-order valence-electron chi connectivity index (χ2n) is 7.66. The van der Waals surface area contributed by atoms with E-state index in [0.717, 1.165) is 45.7 Å². The van der Waals surface area contributed by atoms with Crippen molar-refractivity contribution >= 4 is 0 Å². The molecule has 2 atom stereocenters. The minimum Gasteiger partial charge on any atom is -0.381 e. The van der Waals surface area contributed by atoms with Crippen LogP contribution in [0.2, 0.25) is 0 Å². The van der Waals surface area contributed by atoms with Gasteiger partial charge in [0.05, 0.1) is 19.8 Å². The van der Waals surface area contributed by atoms with E-state index in [9.17, 15) is 0 Å². The molecule has 4 nitrogen and oxygen atoms in total. The van der Waals surface area contributed by atoms with Crippen LogP contribution in [0.1, 0.15) is 32.1 Å². The summed E-state index contributed by atoms with van der Waals surface area (Å²) >= 11 is 0. The Bertz CT molecular complexity index is 354. The quantitative estimate of drug-likeness (QED) is 0.775. The third kappa shape index (κ3) is 2.88. The molecule has 1 saturated carbocycles. The molecule has 0 radical (unpaired) electrons. The second kappa shape index (κ2) is 6.15. The van der Waals surface area contributed by atoms with Gasteiger partial charge >= 0.3 is 0 Å². The first kappa shape index (κ1) is 14.4. The minimum absolute atomic E-state index is 0.292. The first-order chi connectivity index (χ1) is 10.4. The number of hydrogen-bond acceptors (Lipinski definition) is 4. The molecule has 0 spiro atoms. The fourth-order valence-corrected chi connectivity index (χ4v) is 4.45. The molecule has 0 unspecified atom stereocenters. The lowest BCUT2D eigenvalue weighted by Gasteiger charge is -2.36. The Morgan fingerprint density at radius 2 is 1.95 bits per heavy atom. The van der Waals surface area contributed by atoms with Gasteiger partial charge in [0.25, 0.3) is 0 Å². The van der Waals surface area contributed by atoms with E-state index in [2.05, 4.69) is 4.90 Å². The van der Waals surface area contributed by atoms with E-state index < -0.39 is 0 Å². The SMILES string of the molecule is C1CC(N2C[C@@H]3COC[C@]3(COCC3CCOCC3)C2)C1. The van der Waals surface area contributed by atoms with Crippen molar-refractivity contribution in [2.75, 3.05) is 52.7 Å². The Labute approximate surface area is 128 Å². The van der Waals surface area contributed by atoms with Crippen LogP contribution in [-0.2, 0) is 14.2 Å². The number of nitrogens with zero attached hydrogens (tertiary/aromatic N) is 1. The average molecular weight is 295 g/mol. The molecule has 3 saturated heterocycles. The topological polar surface area (TPSA) is 30.9 Å². The predicted octanol–water partition coefficient (Wildman–Crippen LogP) is 1.93. The molecule has 0 bridgehead atoms. The summed E-state index contributed by atoms with van der Waals surface area (Å²) in [5.74, 6) is 1.41. The van der Waals surface area contributed by atoms with Gasteiger partial charge in [-0.2, -0.15) is 0 Å². The molecule has 0 aromatic rings. The van der Waals surface area contributed by atoms with Gasteiger partial charge in [0.1, 0.15) is 0 Å². The van der Waals surface area contributed by atoms with Gasteiger partial charge in [-0.05, 0) is 31.6 Å². The van der Waals surface area contributed by atoms with Crippen molar-refractivity contribution in [3.05, 3.63) is 0 Å². The maximum Gasteiger partial charge on any atom is 0.0561 e. The second-order valence-corrected chi connectivity index (χ2v) is 7.66. The Kier molecular flexibility index (Phi) is 4.23. The number of hydrogen-bond donors (Lipinski definition) is 0. The zero-order chi connectivity index (χ0) is 14.1. The third-order valence-electron chi connectivity index (χ3n) is 6.22. The predicted molar refractivity (Wildman–Crippen MR) is 80.3 cm³/mol. The molecule has 21 heavy (non-hydrogen) atoms. The highest BCUT2D eigenvalue weighted by Crippen LogP contribution is 2.44. The summed E-state index contributed by atoms with van der Waals surface area (Å²) < 4.78 is 17.4. The maximum absolute atomic E-state index is 6.18. The Morgan fingerprint density at radius 3 is 2.71 bits per heavy atom. The van der Waals surface area contributed by atoms with Gasteiger partial charge in [0.2, 0.25) is 0 Å². The summed E-state index contributed by atoms with van der Waals surface area (Å²) in [6, 6.07) is 0.864. The molecule has 1 aliphatic carbocycles. The van der Waals surface area contributed by atoms with Crippen molar-refractivity contribution in [2.45, 2.75) is 38.1 Å². The summed E-state index contributed by atoms with van der Waals surface area (Å²) in [7, 11) is 0. The smallest absolute Gasteiger partial charge is 0.0561 e. The summed E-state index contributed by atoms with van der Waals surface area (Å²) in [5.41, 5.74) is 0.292. The fourth-order valence-electron chi connectivity index (χ4n) is 4.45. The van der Waals surface area contributed by atoms with Gasteiger partial charge < -0.3 is 14.2 Å². The standard InChI is InChI=1S/C17H29NO3/c1-2-16(3-1)18-8-15-10-21-13-17(15,11-18)12-20-9-14-4-6-19-7-5-14/h14-16H,1-13H2/t15-,17-/m1/s1. The Hall–Kier alpha value is -0.160. The van der Waals surface area contributed by atoms with Crippen molar-refractivity contribution in [3.63, 3.8) is 0 Å². The van der Waals surface area contributed by atoms with E-state index in [4.69, 9.17) is 14.2 Å². The molecular formula is C17H29NO3. The highest BCUT2D eigenvalue weighted by atomic mass is 16.5. The van der Waals surface area contributed by atoms with Gasteiger partial charge in [0, 0.05) is 50.3 Å². The molecule has 3 heterocycles. The van der Waals surface area contributed by atoms with Crippen molar-refractivity contribution < 1.29 is 14.2 Å². The van der Waals surface area contributed by atoms with E-state index in [-0.39, 0.29) is 0 Å². The number of ether oxygens (including phenoxy) is 3. The highest BCUT2D eigenvalue weighted by molar-refractivity contribution is 5.02. The van der Waals surface area contributed by atoms with Crippen LogP contribution >= 0.6 is 0 Å². The van der Waals surface area contributed by atoms with Crippen molar-refractivity contribution in [3.8, 4) is 0 Å². The monoisotopic (exact) mass is 295 g/mol. The Morgan fingerprint density at radius 1 is 1.10 bits per heavy atom. The van der Waals surface area contributed by atoms with Crippen molar-refractivity contribution in [2.24, 2.45) is 17.3 Å². The molecule has 0 aromatic carbocycles. The van der Waals surface area contributed by atoms with Gasteiger partial charge in [-0.25, -0.2) is 0 Å². The molecule has 0 N–H and O–H groups in total. The normalized spacial score (nSPS) is 38.6. The van der Waals surface area contributed by atoms with E-state index in [1.165, 1.54) is 45.2 Å². The van der Waals surface area contributed by atoms with Crippen molar-refractivity contribution in [1.82, 2.24) is 4.90 Å². The van der Waals surface area contributed by atoms with Crippen LogP contribution in [0, 0.1) is 17.3 Å². The highest BCUT2D eigenvalue weighted by Gasteiger charge is 2.52. The van der Waals surface area contributed by atoms with Crippen LogP contribution in [0.4, 0.5) is 0 Å². The summed E-state index contributed by atoms with van der Waals surface area (Å²) in [5, 5.41) is 0. The molecule has 0 aromatic heterocycles. The molecule has 120 valence electrons. The van der Waals surface area contributed by atoms with Crippen LogP contribution < -0.4 is 0 Å². The lowest BCUT2D eigenvalue weighted by Crippen LogP contribution is -2.42. The van der Waals surface area contributed by atoms with E-state index >= 15 is 0 Å². The number of rotatable bonds is 5. The van der Waals surface area contributed by atoms with E-state index in [1.807, 2.05) is 0 Å². The fraction of sp³-hybridized carbons (Fsp3) is 1.00. The zero-order valence-corrected chi connectivity index (χ0v) is 13.1. The van der Waals surface area contributed by atoms with Crippen LogP contribution in [0.3, 0.4) is 0 Å². The molecule has 4 heteroatoms. The molecule has 0 amide bonds. The lowest BCUT2D eigenvalue weighted by atomic mass is 9.82. The van der Waals surface area contributed by atoms with Crippen LogP contribution in [0.5, 0.6) is 0 Å². The molecular weight excluding hydrogens is 266 g/mol. The maximum atomic E-state index is 6.18. The Balaban J connectivity index is 1.29. The summed E-state index contributed by atoms with van der Waals surface area (Å²) in [6.07, 6.45) is 6.58. The molecule has 3 aliphatic heterocycles. The number of likely N-dealkylation sites (tertiary alicyclic amines) is 1. The lowest BCUT2D eigenvalue weighted by molar-refractivity contribution is -0.0180. The molecule has 4 rings (SSSR count). The van der Waals surface area contributed by atoms with E-state index in [1.54, 1.807) is 0 Å². The molecule has 4 aliphatic rings. The first-order valence-electron chi connectivity index (χ1n) is 8.83. The average Bonchev–Trinajstić information content (AvgIpc) is 2.95. The summed E-state index contributed by atoms with van der Waals surface area (Å²) in [6.45, 7) is 7.96. The van der Waals surface area contributed by atoms with Crippen LogP contribution in [-0.4, -0.2) is 63.7 Å². The van der Waals surface area contributed by atoms with Gasteiger partial charge in [-0.1, -0.05) is 6.42 Å². The van der Waals surface area contributed by atoms with E-state index in [0.29, 0.717) is 17.3 Å². The molecule has 4 fully saturated rings. The van der Waals surface area contributed by atoms with Crippen LogP contribution in [0.15, 0.2) is 0 Å². The third-order valence-corrected chi connectivity index (χ3v) is 6.22. The largest absolute Gasteiger partial charge is 0.381 e. The van der Waals surface area contributed by atoms with Crippen molar-refractivity contribution in [1.29, 1.82) is 0 Å².